The summed E-state index contributed by atoms with van der Waals surface area (Å²) in [6.07, 6.45) is 5.34. The maximum atomic E-state index is 10.3. The average molecular weight is 196 g/mol. The molecule has 0 spiro atoms. The third-order valence-electron chi connectivity index (χ3n) is 1.96. The molecule has 0 radical (unpaired) electrons. The van der Waals surface area contributed by atoms with E-state index in [1.54, 1.807) is 12.1 Å². The molecule has 0 unspecified atom stereocenters. The van der Waals surface area contributed by atoms with E-state index in [4.69, 9.17) is 9.15 Å². The molecule has 0 atom stereocenters. The molecule has 0 aromatic carbocycles. The highest BCUT2D eigenvalue weighted by molar-refractivity contribution is 5.70. The van der Waals surface area contributed by atoms with E-state index in [9.17, 15) is 4.79 Å². The van der Waals surface area contributed by atoms with Crippen molar-refractivity contribution >= 4 is 6.29 Å². The average Bonchev–Trinajstić information content (AvgIpc) is 2.65. The Morgan fingerprint density at radius 3 is 2.86 bits per heavy atom. The van der Waals surface area contributed by atoms with Crippen molar-refractivity contribution in [2.24, 2.45) is 0 Å². The Morgan fingerprint density at radius 1 is 1.36 bits per heavy atom. The van der Waals surface area contributed by atoms with Crippen molar-refractivity contribution in [3.8, 4) is 5.95 Å². The minimum absolute atomic E-state index is 0.313. The zero-order valence-electron chi connectivity index (χ0n) is 8.49. The Hall–Kier alpha value is -1.25. The molecule has 0 saturated heterocycles. The van der Waals surface area contributed by atoms with E-state index in [2.05, 4.69) is 6.92 Å². The van der Waals surface area contributed by atoms with Gasteiger partial charge in [-0.25, -0.2) is 0 Å². The Kier molecular flexibility index (Phi) is 4.83. The first-order valence-electron chi connectivity index (χ1n) is 5.04. The summed E-state index contributed by atoms with van der Waals surface area (Å²) in [5.74, 6) is 0.747. The normalized spacial score (nSPS) is 10.1. The Bertz CT molecular complexity index is 265. The number of rotatable bonds is 7. The molecular weight excluding hydrogens is 180 g/mol. The molecule has 0 bridgehead atoms. The molecule has 3 heteroatoms. The van der Waals surface area contributed by atoms with Gasteiger partial charge < -0.3 is 9.15 Å². The summed E-state index contributed by atoms with van der Waals surface area (Å²) in [4.78, 5) is 10.3. The van der Waals surface area contributed by atoms with Gasteiger partial charge in [-0.05, 0) is 12.5 Å². The molecule has 1 heterocycles. The zero-order chi connectivity index (χ0) is 10.2. The number of hydrogen-bond donors (Lipinski definition) is 0. The summed E-state index contributed by atoms with van der Waals surface area (Å²) in [5, 5.41) is 0. The van der Waals surface area contributed by atoms with Crippen LogP contribution in [0.15, 0.2) is 16.5 Å². The molecular formula is C11H16O3. The lowest BCUT2D eigenvalue weighted by Crippen LogP contribution is -1.95. The maximum Gasteiger partial charge on any atom is 0.284 e. The SMILES string of the molecule is CCCCCCOc1ccc(C=O)o1. The van der Waals surface area contributed by atoms with Crippen LogP contribution in [0.5, 0.6) is 5.95 Å². The van der Waals surface area contributed by atoms with E-state index in [0.29, 0.717) is 24.6 Å². The largest absolute Gasteiger partial charge is 0.465 e. The van der Waals surface area contributed by atoms with Crippen LogP contribution in [0.25, 0.3) is 0 Å². The smallest absolute Gasteiger partial charge is 0.284 e. The highest BCUT2D eigenvalue weighted by Gasteiger charge is 2.00. The van der Waals surface area contributed by atoms with Gasteiger partial charge in [0, 0.05) is 6.07 Å². The van der Waals surface area contributed by atoms with Gasteiger partial charge in [0.05, 0.1) is 6.61 Å². The summed E-state index contributed by atoms with van der Waals surface area (Å²) in [5.41, 5.74) is 0. The molecule has 1 aromatic heterocycles. The van der Waals surface area contributed by atoms with Crippen LogP contribution in [0.2, 0.25) is 0 Å². The van der Waals surface area contributed by atoms with Crippen molar-refractivity contribution in [1.29, 1.82) is 0 Å². The highest BCUT2D eigenvalue weighted by Crippen LogP contribution is 2.14. The molecule has 0 N–H and O–H groups in total. The van der Waals surface area contributed by atoms with Crippen LogP contribution in [0.4, 0.5) is 0 Å². The summed E-state index contributed by atoms with van der Waals surface area (Å²) in [7, 11) is 0. The molecule has 0 aliphatic carbocycles. The van der Waals surface area contributed by atoms with Crippen LogP contribution >= 0.6 is 0 Å². The number of unbranched alkanes of at least 4 members (excludes halogenated alkanes) is 3. The second kappa shape index (κ2) is 6.24. The van der Waals surface area contributed by atoms with E-state index in [0.717, 1.165) is 6.42 Å². The third kappa shape index (κ3) is 3.64. The predicted molar refractivity (Wildman–Crippen MR) is 53.7 cm³/mol. The monoisotopic (exact) mass is 196 g/mol. The quantitative estimate of drug-likeness (QED) is 0.497. The summed E-state index contributed by atoms with van der Waals surface area (Å²) < 4.78 is 10.4. The topological polar surface area (TPSA) is 39.4 Å². The number of hydrogen-bond acceptors (Lipinski definition) is 3. The number of carbonyl (C=O) groups is 1. The van der Waals surface area contributed by atoms with E-state index >= 15 is 0 Å². The second-order valence-electron chi connectivity index (χ2n) is 3.18. The standard InChI is InChI=1S/C11H16O3/c1-2-3-4-5-8-13-11-7-6-10(9-12)14-11/h6-7,9H,2-5,8H2,1H3. The van der Waals surface area contributed by atoms with Gasteiger partial charge in [-0.3, -0.25) is 4.79 Å². The van der Waals surface area contributed by atoms with Gasteiger partial charge in [0.1, 0.15) is 0 Å². The fourth-order valence-corrected chi connectivity index (χ4v) is 1.18. The molecule has 3 nitrogen and oxygen atoms in total. The van der Waals surface area contributed by atoms with Crippen LogP contribution in [-0.2, 0) is 0 Å². The minimum atomic E-state index is 0.313. The van der Waals surface area contributed by atoms with Crippen molar-refractivity contribution < 1.29 is 13.9 Å². The van der Waals surface area contributed by atoms with Gasteiger partial charge in [0.15, 0.2) is 12.0 Å². The first kappa shape index (κ1) is 10.8. The van der Waals surface area contributed by atoms with Crippen molar-refractivity contribution in [3.63, 3.8) is 0 Å². The summed E-state index contributed by atoms with van der Waals surface area (Å²) >= 11 is 0. The molecule has 1 rings (SSSR count). The lowest BCUT2D eigenvalue weighted by atomic mass is 10.2. The van der Waals surface area contributed by atoms with E-state index in [1.165, 1.54) is 19.3 Å². The Balaban J connectivity index is 2.14. The highest BCUT2D eigenvalue weighted by atomic mass is 16.6. The van der Waals surface area contributed by atoms with Crippen molar-refractivity contribution in [2.75, 3.05) is 6.61 Å². The number of furan rings is 1. The fourth-order valence-electron chi connectivity index (χ4n) is 1.18. The number of aldehydes is 1. The van der Waals surface area contributed by atoms with Gasteiger partial charge in [0.2, 0.25) is 0 Å². The second-order valence-corrected chi connectivity index (χ2v) is 3.18. The zero-order valence-corrected chi connectivity index (χ0v) is 8.49. The lowest BCUT2D eigenvalue weighted by molar-refractivity contribution is 0.109. The molecule has 1 aromatic rings. The van der Waals surface area contributed by atoms with E-state index in [-0.39, 0.29) is 0 Å². The number of ether oxygens (including phenoxy) is 1. The minimum Gasteiger partial charge on any atom is -0.465 e. The van der Waals surface area contributed by atoms with Gasteiger partial charge in [0.25, 0.3) is 5.95 Å². The number of carbonyl (C=O) groups excluding carboxylic acids is 1. The predicted octanol–water partition coefficient (Wildman–Crippen LogP) is 3.05. The molecule has 14 heavy (non-hydrogen) atoms. The molecule has 0 aliphatic rings. The molecule has 0 fully saturated rings. The van der Waals surface area contributed by atoms with E-state index in [1.807, 2.05) is 0 Å². The lowest BCUT2D eigenvalue weighted by Gasteiger charge is -2.01. The van der Waals surface area contributed by atoms with Crippen molar-refractivity contribution in [3.05, 3.63) is 17.9 Å². The van der Waals surface area contributed by atoms with Gasteiger partial charge in [-0.2, -0.15) is 0 Å². The molecule has 0 amide bonds. The summed E-state index contributed by atoms with van der Waals surface area (Å²) in [6.45, 7) is 2.83. The van der Waals surface area contributed by atoms with Gasteiger partial charge >= 0.3 is 0 Å². The molecule has 78 valence electrons. The molecule has 0 saturated carbocycles. The van der Waals surface area contributed by atoms with Crippen LogP contribution in [0.3, 0.4) is 0 Å². The first-order chi connectivity index (χ1) is 6.86. The Labute approximate surface area is 84.1 Å². The van der Waals surface area contributed by atoms with Crippen LogP contribution < -0.4 is 4.74 Å². The van der Waals surface area contributed by atoms with Gasteiger partial charge in [-0.15, -0.1) is 0 Å². The molecule has 0 aliphatic heterocycles. The first-order valence-corrected chi connectivity index (χ1v) is 5.04. The van der Waals surface area contributed by atoms with Gasteiger partial charge in [-0.1, -0.05) is 26.2 Å². The van der Waals surface area contributed by atoms with Crippen molar-refractivity contribution in [1.82, 2.24) is 0 Å². The Morgan fingerprint density at radius 2 is 2.21 bits per heavy atom. The third-order valence-corrected chi connectivity index (χ3v) is 1.96. The van der Waals surface area contributed by atoms with Crippen LogP contribution in [0, 0.1) is 0 Å². The summed E-state index contributed by atoms with van der Waals surface area (Å²) in [6, 6.07) is 3.28. The van der Waals surface area contributed by atoms with Crippen LogP contribution in [-0.4, -0.2) is 12.9 Å². The fraction of sp³-hybridized carbons (Fsp3) is 0.545. The maximum absolute atomic E-state index is 10.3. The van der Waals surface area contributed by atoms with E-state index < -0.39 is 0 Å². The van der Waals surface area contributed by atoms with Crippen molar-refractivity contribution in [2.45, 2.75) is 32.6 Å². The van der Waals surface area contributed by atoms with Crippen LogP contribution in [0.1, 0.15) is 43.2 Å².